The van der Waals surface area contributed by atoms with Crippen molar-refractivity contribution in [1.29, 1.82) is 0 Å². The molecule has 0 fully saturated rings. The molecule has 10 nitrogen and oxygen atoms in total. The fourth-order valence-corrected chi connectivity index (χ4v) is 0.836. The van der Waals surface area contributed by atoms with Gasteiger partial charge in [-0.1, -0.05) is 0 Å². The van der Waals surface area contributed by atoms with Crippen LogP contribution in [0.3, 0.4) is 0 Å². The normalized spacial score (nSPS) is 12.3. The lowest BCUT2D eigenvalue weighted by atomic mass is 9.91. The van der Waals surface area contributed by atoms with Crippen LogP contribution in [0.5, 0.6) is 0 Å². The molecule has 20 heavy (non-hydrogen) atoms. The second-order valence-electron chi connectivity index (χ2n) is 4.48. The molecule has 0 aromatic heterocycles. The van der Waals surface area contributed by atoms with E-state index < -0.39 is 47.8 Å². The van der Waals surface area contributed by atoms with Gasteiger partial charge in [-0.25, -0.2) is 0 Å². The third-order valence-corrected chi connectivity index (χ3v) is 2.76. The topological polar surface area (TPSA) is 174 Å². The molecule has 0 amide bonds. The molecule has 0 unspecified atom stereocenters. The zero-order valence-electron chi connectivity index (χ0n) is 10.7. The summed E-state index contributed by atoms with van der Waals surface area (Å²) in [6.07, 6.45) is 0. The van der Waals surface area contributed by atoms with Crippen LogP contribution in [0.4, 0.5) is 0 Å². The van der Waals surface area contributed by atoms with Gasteiger partial charge in [0.1, 0.15) is 0 Å². The van der Waals surface area contributed by atoms with Gasteiger partial charge in [-0.05, 0) is 13.8 Å². The van der Waals surface area contributed by atoms with Crippen LogP contribution in [0.15, 0.2) is 10.2 Å². The number of hydrogen-bond donors (Lipinski definition) is 4. The minimum absolute atomic E-state index is 0.743. The van der Waals surface area contributed by atoms with Gasteiger partial charge in [-0.2, -0.15) is 10.2 Å². The van der Waals surface area contributed by atoms with E-state index in [9.17, 15) is 19.2 Å². The fraction of sp³-hybridized carbons (Fsp3) is 0.600. The Morgan fingerprint density at radius 1 is 0.700 bits per heavy atom. The van der Waals surface area contributed by atoms with Gasteiger partial charge in [0.15, 0.2) is 10.8 Å². The summed E-state index contributed by atoms with van der Waals surface area (Å²) in [5, 5.41) is 41.6. The molecule has 0 aliphatic heterocycles. The van der Waals surface area contributed by atoms with Gasteiger partial charge in [0.25, 0.3) is 0 Å². The van der Waals surface area contributed by atoms with Crippen LogP contribution in [0.25, 0.3) is 0 Å². The van der Waals surface area contributed by atoms with Gasteiger partial charge < -0.3 is 20.4 Å². The van der Waals surface area contributed by atoms with Crippen LogP contribution in [0.1, 0.15) is 13.8 Å². The third kappa shape index (κ3) is 3.49. The average molecular weight is 290 g/mol. The number of rotatable bonds is 8. The molecule has 4 N–H and O–H groups in total. The molecule has 0 saturated heterocycles. The molecule has 0 spiro atoms. The maximum absolute atomic E-state index is 10.8. The Labute approximate surface area is 112 Å². The molecule has 0 bridgehead atoms. The van der Waals surface area contributed by atoms with Gasteiger partial charge in [0.05, 0.1) is 13.1 Å². The summed E-state index contributed by atoms with van der Waals surface area (Å²) in [6, 6.07) is 0. The first-order valence-electron chi connectivity index (χ1n) is 5.25. The lowest BCUT2D eigenvalue weighted by Crippen LogP contribution is -2.40. The Kier molecular flexibility index (Phi) is 5.32. The van der Waals surface area contributed by atoms with Crippen molar-refractivity contribution < 1.29 is 39.6 Å². The van der Waals surface area contributed by atoms with Crippen molar-refractivity contribution in [3.8, 4) is 0 Å². The number of hydrogen-bond acceptors (Lipinski definition) is 6. The first-order valence-corrected chi connectivity index (χ1v) is 5.25. The van der Waals surface area contributed by atoms with Crippen LogP contribution in [-0.2, 0) is 19.2 Å². The zero-order chi connectivity index (χ0) is 16.1. The zero-order valence-corrected chi connectivity index (χ0v) is 10.7. The second-order valence-corrected chi connectivity index (χ2v) is 4.48. The van der Waals surface area contributed by atoms with E-state index in [4.69, 9.17) is 20.4 Å². The molecule has 0 aliphatic carbocycles. The number of carboxylic acid groups (broad SMARTS) is 4. The van der Waals surface area contributed by atoms with Crippen LogP contribution < -0.4 is 0 Å². The summed E-state index contributed by atoms with van der Waals surface area (Å²) >= 11 is 0. The van der Waals surface area contributed by atoms with E-state index in [1.54, 1.807) is 0 Å². The van der Waals surface area contributed by atoms with Gasteiger partial charge in [-0.3, -0.25) is 19.2 Å². The van der Waals surface area contributed by atoms with E-state index in [2.05, 4.69) is 10.2 Å². The SMILES string of the molecule is CC(C/N=N/CC(C)(C(=O)O)C(=O)O)(C(=O)O)C(=O)O. The average Bonchev–Trinajstić information content (AvgIpc) is 2.32. The molecule has 0 aromatic carbocycles. The largest absolute Gasteiger partial charge is 0.480 e. The predicted octanol–water partition coefficient (Wildman–Crippen LogP) is -0.210. The Balaban J connectivity index is 4.92. The van der Waals surface area contributed by atoms with Crippen LogP contribution in [0, 0.1) is 10.8 Å². The Morgan fingerprint density at radius 3 is 1.05 bits per heavy atom. The van der Waals surface area contributed by atoms with Crippen molar-refractivity contribution in [2.75, 3.05) is 13.1 Å². The molecule has 0 atom stereocenters. The molecule has 0 aliphatic rings. The van der Waals surface area contributed by atoms with E-state index >= 15 is 0 Å². The molecule has 112 valence electrons. The Hall–Kier alpha value is -2.52. The standard InChI is InChI=1S/C10H14N2O8/c1-9(5(13)14,6(15)16)3-11-12-4-10(2,7(17)18)8(19)20/h3-4H2,1-2H3,(H,13,14)(H,15,16)(H,17,18)(H,19,20)/b12-11+. The highest BCUT2D eigenvalue weighted by molar-refractivity contribution is 5.98. The molecule has 0 heterocycles. The summed E-state index contributed by atoms with van der Waals surface area (Å²) < 4.78 is 0. The van der Waals surface area contributed by atoms with Crippen LogP contribution in [-0.4, -0.2) is 57.4 Å². The van der Waals surface area contributed by atoms with Gasteiger partial charge in [0, 0.05) is 0 Å². The van der Waals surface area contributed by atoms with Crippen molar-refractivity contribution in [3.05, 3.63) is 0 Å². The Bertz CT molecular complexity index is 400. The number of aliphatic carboxylic acids is 4. The number of carbonyl (C=O) groups is 4. The van der Waals surface area contributed by atoms with Crippen molar-refractivity contribution >= 4 is 23.9 Å². The molecule has 0 radical (unpaired) electrons. The predicted molar refractivity (Wildman–Crippen MR) is 61.3 cm³/mol. The minimum atomic E-state index is -2.22. The fourth-order valence-electron chi connectivity index (χ4n) is 0.836. The van der Waals surface area contributed by atoms with Gasteiger partial charge in [0.2, 0.25) is 0 Å². The van der Waals surface area contributed by atoms with Gasteiger partial charge in [-0.15, -0.1) is 0 Å². The van der Waals surface area contributed by atoms with E-state index in [1.807, 2.05) is 0 Å². The summed E-state index contributed by atoms with van der Waals surface area (Å²) in [6.45, 7) is 0.328. The van der Waals surface area contributed by atoms with E-state index in [0.717, 1.165) is 13.8 Å². The van der Waals surface area contributed by atoms with Crippen molar-refractivity contribution in [3.63, 3.8) is 0 Å². The van der Waals surface area contributed by atoms with Crippen LogP contribution >= 0.6 is 0 Å². The highest BCUT2D eigenvalue weighted by Crippen LogP contribution is 2.20. The quantitative estimate of drug-likeness (QED) is 0.350. The van der Waals surface area contributed by atoms with E-state index in [1.165, 1.54) is 0 Å². The second kappa shape index (κ2) is 6.08. The summed E-state index contributed by atoms with van der Waals surface area (Å²) in [5.41, 5.74) is -4.43. The third-order valence-electron chi connectivity index (χ3n) is 2.76. The molecule has 0 aromatic rings. The van der Waals surface area contributed by atoms with E-state index in [-0.39, 0.29) is 0 Å². The first kappa shape index (κ1) is 17.5. The summed E-state index contributed by atoms with van der Waals surface area (Å²) in [7, 11) is 0. The molecular weight excluding hydrogens is 276 g/mol. The smallest absolute Gasteiger partial charge is 0.322 e. The molecule has 10 heteroatoms. The summed E-state index contributed by atoms with van der Waals surface area (Å²) in [4.78, 5) is 43.2. The van der Waals surface area contributed by atoms with Crippen molar-refractivity contribution in [2.45, 2.75) is 13.8 Å². The lowest BCUT2D eigenvalue weighted by molar-refractivity contribution is -0.164. The maximum Gasteiger partial charge on any atom is 0.322 e. The van der Waals surface area contributed by atoms with Crippen molar-refractivity contribution in [1.82, 2.24) is 0 Å². The minimum Gasteiger partial charge on any atom is -0.480 e. The number of nitrogens with zero attached hydrogens (tertiary/aromatic N) is 2. The number of azo groups is 1. The lowest BCUT2D eigenvalue weighted by Gasteiger charge is -2.17. The molecular formula is C10H14N2O8. The van der Waals surface area contributed by atoms with Gasteiger partial charge >= 0.3 is 23.9 Å². The van der Waals surface area contributed by atoms with E-state index in [0.29, 0.717) is 0 Å². The number of carboxylic acids is 4. The monoisotopic (exact) mass is 290 g/mol. The van der Waals surface area contributed by atoms with Crippen LogP contribution in [0.2, 0.25) is 0 Å². The maximum atomic E-state index is 10.8. The molecule has 0 saturated carbocycles. The highest BCUT2D eigenvalue weighted by atomic mass is 16.4. The summed E-state index contributed by atoms with van der Waals surface area (Å²) in [5.74, 6) is -6.54. The first-order chi connectivity index (χ1) is 8.98. The Morgan fingerprint density at radius 2 is 0.900 bits per heavy atom. The highest BCUT2D eigenvalue weighted by Gasteiger charge is 2.43. The molecule has 0 rings (SSSR count). The van der Waals surface area contributed by atoms with Crippen molar-refractivity contribution in [2.24, 2.45) is 21.1 Å².